The van der Waals surface area contributed by atoms with E-state index in [0.717, 1.165) is 17.1 Å². The summed E-state index contributed by atoms with van der Waals surface area (Å²) in [5.41, 5.74) is 16.0. The highest BCUT2D eigenvalue weighted by Crippen LogP contribution is 2.51. The summed E-state index contributed by atoms with van der Waals surface area (Å²) in [6.07, 6.45) is 0. The molecular formula is C53H39N. The number of nitrogens with zero attached hydrogens (tertiary/aromatic N) is 1. The van der Waals surface area contributed by atoms with Crippen molar-refractivity contribution in [3.63, 3.8) is 0 Å². The van der Waals surface area contributed by atoms with Crippen LogP contribution in [-0.4, -0.2) is 0 Å². The van der Waals surface area contributed by atoms with Crippen molar-refractivity contribution in [2.75, 3.05) is 4.90 Å². The monoisotopic (exact) mass is 689 g/mol. The molecule has 54 heavy (non-hydrogen) atoms. The minimum absolute atomic E-state index is 0.112. The van der Waals surface area contributed by atoms with Gasteiger partial charge < -0.3 is 4.90 Å². The molecule has 1 aliphatic rings. The van der Waals surface area contributed by atoms with Crippen LogP contribution >= 0.6 is 0 Å². The third-order valence-corrected chi connectivity index (χ3v) is 11.4. The average Bonchev–Trinajstić information content (AvgIpc) is 3.46. The standard InChI is InChI=1S/C53H39N/c1-53(2)50-24-14-13-23-46(50)47-31-29-43(35-51(47)53)54(41-27-25-37(26-28-41)36-15-5-3-6-16-36)42-30-32-48(49(34-42)38-17-7-4-8-18-38)52-44-21-11-9-19-39(44)33-40-20-10-12-22-45(40)52/h3-35H,1-2H3. The minimum Gasteiger partial charge on any atom is -0.310 e. The Kier molecular flexibility index (Phi) is 7.56. The molecule has 1 heteroatoms. The van der Waals surface area contributed by atoms with Crippen LogP contribution in [0.15, 0.2) is 200 Å². The molecule has 0 saturated carbocycles. The summed E-state index contributed by atoms with van der Waals surface area (Å²) in [4.78, 5) is 2.44. The predicted molar refractivity (Wildman–Crippen MR) is 230 cm³/mol. The fourth-order valence-electron chi connectivity index (χ4n) is 8.76. The van der Waals surface area contributed by atoms with Crippen molar-refractivity contribution < 1.29 is 0 Å². The second-order valence-corrected chi connectivity index (χ2v) is 14.9. The van der Waals surface area contributed by atoms with Gasteiger partial charge in [0.25, 0.3) is 0 Å². The number of fused-ring (bicyclic) bond motifs is 5. The summed E-state index contributed by atoms with van der Waals surface area (Å²) in [6.45, 7) is 4.72. The Morgan fingerprint density at radius 3 is 1.52 bits per heavy atom. The quantitative estimate of drug-likeness (QED) is 0.157. The van der Waals surface area contributed by atoms with E-state index in [2.05, 4.69) is 219 Å². The van der Waals surface area contributed by atoms with E-state index < -0.39 is 0 Å². The summed E-state index contributed by atoms with van der Waals surface area (Å²) >= 11 is 0. The Bertz CT molecular complexity index is 2780. The molecule has 9 aromatic carbocycles. The summed E-state index contributed by atoms with van der Waals surface area (Å²) < 4.78 is 0. The van der Waals surface area contributed by atoms with E-state index in [1.807, 2.05) is 0 Å². The highest BCUT2D eigenvalue weighted by Gasteiger charge is 2.35. The molecule has 0 saturated heterocycles. The van der Waals surface area contributed by atoms with Crippen LogP contribution in [0, 0.1) is 0 Å². The van der Waals surface area contributed by atoms with E-state index in [0.29, 0.717) is 0 Å². The summed E-state index contributed by atoms with van der Waals surface area (Å²) in [6, 6.07) is 73.5. The van der Waals surface area contributed by atoms with Gasteiger partial charge in [0.15, 0.2) is 0 Å². The second-order valence-electron chi connectivity index (χ2n) is 14.9. The Balaban J connectivity index is 1.21. The lowest BCUT2D eigenvalue weighted by Gasteiger charge is -2.29. The van der Waals surface area contributed by atoms with Gasteiger partial charge >= 0.3 is 0 Å². The maximum absolute atomic E-state index is 2.44. The molecule has 0 bridgehead atoms. The van der Waals surface area contributed by atoms with Crippen LogP contribution in [0.4, 0.5) is 17.1 Å². The van der Waals surface area contributed by atoms with Crippen molar-refractivity contribution in [1.82, 2.24) is 0 Å². The molecule has 1 nitrogen and oxygen atoms in total. The van der Waals surface area contributed by atoms with E-state index in [-0.39, 0.29) is 5.41 Å². The maximum Gasteiger partial charge on any atom is 0.0468 e. The van der Waals surface area contributed by atoms with Crippen molar-refractivity contribution in [3.05, 3.63) is 211 Å². The number of anilines is 3. The lowest BCUT2D eigenvalue weighted by molar-refractivity contribution is 0.660. The molecule has 0 unspecified atom stereocenters. The fraction of sp³-hybridized carbons (Fsp3) is 0.0566. The lowest BCUT2D eigenvalue weighted by atomic mass is 9.82. The zero-order valence-electron chi connectivity index (χ0n) is 30.5. The van der Waals surface area contributed by atoms with Crippen molar-refractivity contribution in [2.45, 2.75) is 19.3 Å². The van der Waals surface area contributed by atoms with Crippen molar-refractivity contribution in [2.24, 2.45) is 0 Å². The van der Waals surface area contributed by atoms with Gasteiger partial charge in [-0.1, -0.05) is 172 Å². The molecule has 0 aromatic heterocycles. The van der Waals surface area contributed by atoms with E-state index >= 15 is 0 Å². The van der Waals surface area contributed by atoms with Crippen molar-refractivity contribution >= 4 is 38.6 Å². The highest BCUT2D eigenvalue weighted by atomic mass is 15.1. The number of benzene rings is 9. The molecule has 0 atom stereocenters. The second kappa shape index (κ2) is 12.8. The van der Waals surface area contributed by atoms with Crippen LogP contribution < -0.4 is 4.90 Å². The minimum atomic E-state index is -0.112. The Hall–Kier alpha value is -6.70. The van der Waals surface area contributed by atoms with Crippen LogP contribution in [0.25, 0.3) is 66.1 Å². The SMILES string of the molecule is CC1(C)c2ccccc2-c2ccc(N(c3ccc(-c4ccccc4)cc3)c3ccc(-c4c5ccccc5cc5ccccc45)c(-c4ccccc4)c3)cc21. The third kappa shape index (κ3) is 5.24. The van der Waals surface area contributed by atoms with Gasteiger partial charge in [0, 0.05) is 22.5 Å². The van der Waals surface area contributed by atoms with Gasteiger partial charge in [-0.2, -0.15) is 0 Å². The summed E-state index contributed by atoms with van der Waals surface area (Å²) in [5.74, 6) is 0. The topological polar surface area (TPSA) is 3.24 Å². The highest BCUT2D eigenvalue weighted by molar-refractivity contribution is 6.15. The zero-order valence-corrected chi connectivity index (χ0v) is 30.5. The van der Waals surface area contributed by atoms with E-state index in [1.165, 1.54) is 77.2 Å². The van der Waals surface area contributed by atoms with Crippen LogP contribution in [0.1, 0.15) is 25.0 Å². The number of hydrogen-bond donors (Lipinski definition) is 0. The molecule has 0 aliphatic heterocycles. The molecule has 10 rings (SSSR count). The first-order valence-corrected chi connectivity index (χ1v) is 18.8. The van der Waals surface area contributed by atoms with Crippen LogP contribution in [0.3, 0.4) is 0 Å². The number of rotatable bonds is 6. The van der Waals surface area contributed by atoms with Gasteiger partial charge in [-0.05, 0) is 120 Å². The first-order valence-electron chi connectivity index (χ1n) is 18.8. The van der Waals surface area contributed by atoms with Crippen LogP contribution in [0.2, 0.25) is 0 Å². The normalized spacial score (nSPS) is 12.8. The first-order chi connectivity index (χ1) is 26.5. The number of hydrogen-bond acceptors (Lipinski definition) is 1. The molecule has 0 N–H and O–H groups in total. The van der Waals surface area contributed by atoms with Gasteiger partial charge in [-0.25, -0.2) is 0 Å². The molecule has 1 aliphatic carbocycles. The fourth-order valence-corrected chi connectivity index (χ4v) is 8.76. The first kappa shape index (κ1) is 32.0. The molecular weight excluding hydrogens is 651 g/mol. The average molecular weight is 690 g/mol. The molecule has 9 aromatic rings. The van der Waals surface area contributed by atoms with Crippen molar-refractivity contribution in [1.29, 1.82) is 0 Å². The van der Waals surface area contributed by atoms with E-state index in [1.54, 1.807) is 0 Å². The van der Waals surface area contributed by atoms with E-state index in [9.17, 15) is 0 Å². The molecule has 256 valence electrons. The molecule has 0 heterocycles. The van der Waals surface area contributed by atoms with Gasteiger partial charge in [0.2, 0.25) is 0 Å². The maximum atomic E-state index is 2.44. The molecule has 0 radical (unpaired) electrons. The summed E-state index contributed by atoms with van der Waals surface area (Å²) in [5, 5.41) is 5.01. The van der Waals surface area contributed by atoms with Crippen LogP contribution in [-0.2, 0) is 5.41 Å². The molecule has 0 spiro atoms. The van der Waals surface area contributed by atoms with Gasteiger partial charge in [0.05, 0.1) is 0 Å². The van der Waals surface area contributed by atoms with E-state index in [4.69, 9.17) is 0 Å². The third-order valence-electron chi connectivity index (χ3n) is 11.4. The predicted octanol–water partition coefficient (Wildman–Crippen LogP) is 14.8. The lowest BCUT2D eigenvalue weighted by Crippen LogP contribution is -2.16. The van der Waals surface area contributed by atoms with Gasteiger partial charge in [-0.3, -0.25) is 0 Å². The van der Waals surface area contributed by atoms with Gasteiger partial charge in [0.1, 0.15) is 0 Å². The Morgan fingerprint density at radius 2 is 0.833 bits per heavy atom. The Labute approximate surface area is 317 Å². The smallest absolute Gasteiger partial charge is 0.0468 e. The van der Waals surface area contributed by atoms with Gasteiger partial charge in [-0.15, -0.1) is 0 Å². The largest absolute Gasteiger partial charge is 0.310 e. The summed E-state index contributed by atoms with van der Waals surface area (Å²) in [7, 11) is 0. The van der Waals surface area contributed by atoms with Crippen LogP contribution in [0.5, 0.6) is 0 Å². The Morgan fingerprint density at radius 1 is 0.333 bits per heavy atom. The zero-order chi connectivity index (χ0) is 36.2. The van der Waals surface area contributed by atoms with Crippen molar-refractivity contribution in [3.8, 4) is 44.5 Å². The molecule has 0 fully saturated rings. The molecule has 0 amide bonds.